The van der Waals surface area contributed by atoms with Gasteiger partial charge in [0, 0.05) is 0 Å². The molecule has 0 aromatic heterocycles. The minimum Gasteiger partial charge on any atom is -0.247 e. The lowest BCUT2D eigenvalue weighted by atomic mass is 9.63. The predicted octanol–water partition coefficient (Wildman–Crippen LogP) is 11.3. The van der Waals surface area contributed by atoms with Crippen molar-refractivity contribution in [3.63, 3.8) is 0 Å². The van der Waals surface area contributed by atoms with Crippen LogP contribution in [-0.2, 0) is 11.8 Å². The van der Waals surface area contributed by atoms with Crippen LogP contribution in [0.5, 0.6) is 0 Å². The average molecular weight is 485 g/mol. The molecule has 3 rings (SSSR count). The Morgan fingerprint density at radius 3 is 2.17 bits per heavy atom. The largest absolute Gasteiger partial charge is 0.247 e. The number of hydrogen-bond donors (Lipinski definition) is 0. The zero-order chi connectivity index (χ0) is 24.8. The van der Waals surface area contributed by atoms with E-state index in [1.807, 2.05) is 0 Å². The lowest BCUT2D eigenvalue weighted by Crippen LogP contribution is -2.38. The quantitative estimate of drug-likeness (QED) is 0.259. The van der Waals surface area contributed by atoms with Crippen molar-refractivity contribution in [2.24, 2.45) is 11.8 Å². The molecule has 200 valence electrons. The molecule has 0 saturated heterocycles. The number of benzene rings is 1. The van der Waals surface area contributed by atoms with Crippen LogP contribution in [0.4, 0.5) is 4.39 Å². The number of unbranched alkanes of at least 4 members (excludes halogenated alkanes) is 6. The lowest BCUT2D eigenvalue weighted by molar-refractivity contribution is 0.0807. The molecule has 0 aliphatic heterocycles. The summed E-state index contributed by atoms with van der Waals surface area (Å²) in [7, 11) is 0. The van der Waals surface area contributed by atoms with E-state index in [-0.39, 0.29) is 5.41 Å². The summed E-state index contributed by atoms with van der Waals surface area (Å²) in [5.41, 5.74) is 3.12. The molecule has 1 aromatic carbocycles. The second kappa shape index (κ2) is 16.1. The van der Waals surface area contributed by atoms with E-state index in [9.17, 15) is 0 Å². The van der Waals surface area contributed by atoms with Crippen LogP contribution in [0.2, 0.25) is 0 Å². The van der Waals surface area contributed by atoms with E-state index in [0.29, 0.717) is 11.8 Å². The molecule has 1 aromatic rings. The van der Waals surface area contributed by atoms with Crippen molar-refractivity contribution >= 4 is 0 Å². The summed E-state index contributed by atoms with van der Waals surface area (Å²) in [6.07, 6.45) is 27.1. The van der Waals surface area contributed by atoms with Gasteiger partial charge in [-0.25, -0.2) is 4.39 Å². The number of halogens is 1. The highest BCUT2D eigenvalue weighted by Crippen LogP contribution is 2.47. The van der Waals surface area contributed by atoms with E-state index >= 15 is 4.39 Å². The topological polar surface area (TPSA) is 0 Å². The number of aryl methyl sites for hydroxylation is 1. The van der Waals surface area contributed by atoms with Crippen LogP contribution in [-0.4, -0.2) is 6.17 Å². The fourth-order valence-electron chi connectivity index (χ4n) is 7.59. The van der Waals surface area contributed by atoms with Crippen molar-refractivity contribution < 1.29 is 4.39 Å². The molecular weight excluding hydrogens is 427 g/mol. The van der Waals surface area contributed by atoms with Gasteiger partial charge in [-0.15, -0.1) is 0 Å². The first-order valence-electron chi connectivity index (χ1n) is 15.9. The van der Waals surface area contributed by atoms with Gasteiger partial charge >= 0.3 is 0 Å². The third-order valence-corrected chi connectivity index (χ3v) is 9.65. The molecule has 2 aliphatic carbocycles. The van der Waals surface area contributed by atoms with Crippen molar-refractivity contribution in [3.8, 4) is 0 Å². The molecule has 0 radical (unpaired) electrons. The highest BCUT2D eigenvalue weighted by molar-refractivity contribution is 5.35. The lowest BCUT2D eigenvalue weighted by Gasteiger charge is -2.43. The van der Waals surface area contributed by atoms with Crippen LogP contribution >= 0.6 is 0 Å². The molecule has 0 spiro atoms. The van der Waals surface area contributed by atoms with Crippen molar-refractivity contribution in [3.05, 3.63) is 35.4 Å². The Balaban J connectivity index is 1.82. The Bertz CT molecular complexity index is 673. The van der Waals surface area contributed by atoms with Gasteiger partial charge in [-0.1, -0.05) is 141 Å². The highest BCUT2D eigenvalue weighted by atomic mass is 19.1. The predicted molar refractivity (Wildman–Crippen MR) is 152 cm³/mol. The van der Waals surface area contributed by atoms with Gasteiger partial charge < -0.3 is 0 Å². The monoisotopic (exact) mass is 484 g/mol. The number of rotatable bonds is 12. The smallest absolute Gasteiger partial charge is 0.104 e. The zero-order valence-electron chi connectivity index (χ0n) is 23.5. The van der Waals surface area contributed by atoms with Crippen molar-refractivity contribution in [2.75, 3.05) is 0 Å². The highest BCUT2D eigenvalue weighted by Gasteiger charge is 2.41. The first-order chi connectivity index (χ1) is 17.2. The average Bonchev–Trinajstić information content (AvgIpc) is 2.83. The van der Waals surface area contributed by atoms with Crippen molar-refractivity contribution in [1.29, 1.82) is 0 Å². The molecule has 0 N–H and O–H groups in total. The molecule has 0 nitrogen and oxygen atoms in total. The Hall–Kier alpha value is -0.850. The molecule has 35 heavy (non-hydrogen) atoms. The second-order valence-corrected chi connectivity index (χ2v) is 12.3. The molecule has 3 atom stereocenters. The van der Waals surface area contributed by atoms with Crippen LogP contribution < -0.4 is 0 Å². The maximum Gasteiger partial charge on any atom is 0.104 e. The summed E-state index contributed by atoms with van der Waals surface area (Å²) >= 11 is 0. The van der Waals surface area contributed by atoms with E-state index < -0.39 is 6.17 Å². The number of hydrogen-bond acceptors (Lipinski definition) is 0. The molecule has 1 heteroatoms. The summed E-state index contributed by atoms with van der Waals surface area (Å²) < 4.78 is 16.5. The van der Waals surface area contributed by atoms with E-state index in [0.717, 1.165) is 12.8 Å². The maximum atomic E-state index is 16.5. The Morgan fingerprint density at radius 2 is 1.40 bits per heavy atom. The molecule has 2 saturated carbocycles. The zero-order valence-corrected chi connectivity index (χ0v) is 23.5. The fraction of sp³-hybridized carbons (Fsp3) is 0.824. The third-order valence-electron chi connectivity index (χ3n) is 9.65. The van der Waals surface area contributed by atoms with E-state index in [1.54, 1.807) is 0 Å². The summed E-state index contributed by atoms with van der Waals surface area (Å²) in [5.74, 6) is 0.936. The van der Waals surface area contributed by atoms with Crippen LogP contribution in [0.1, 0.15) is 160 Å². The van der Waals surface area contributed by atoms with E-state index in [2.05, 4.69) is 38.1 Å². The van der Waals surface area contributed by atoms with Crippen LogP contribution in [0.3, 0.4) is 0 Å². The van der Waals surface area contributed by atoms with E-state index in [4.69, 9.17) is 0 Å². The Labute approximate surface area is 218 Å². The van der Waals surface area contributed by atoms with Gasteiger partial charge in [-0.05, 0) is 66.9 Å². The van der Waals surface area contributed by atoms with Gasteiger partial charge in [0.15, 0.2) is 0 Å². The van der Waals surface area contributed by atoms with Gasteiger partial charge in [0.1, 0.15) is 6.17 Å². The molecule has 3 unspecified atom stereocenters. The first kappa shape index (κ1) is 28.7. The minimum absolute atomic E-state index is 0.0505. The molecule has 2 aliphatic rings. The third kappa shape index (κ3) is 8.89. The van der Waals surface area contributed by atoms with Crippen molar-refractivity contribution in [2.45, 2.75) is 167 Å². The van der Waals surface area contributed by atoms with Gasteiger partial charge in [-0.3, -0.25) is 0 Å². The minimum atomic E-state index is -0.626. The Morgan fingerprint density at radius 1 is 0.743 bits per heavy atom. The maximum absolute atomic E-state index is 16.5. The molecule has 0 bridgehead atoms. The van der Waals surface area contributed by atoms with Crippen LogP contribution in [0.25, 0.3) is 0 Å². The summed E-state index contributed by atoms with van der Waals surface area (Å²) in [6, 6.07) is 9.27. The molecule has 0 heterocycles. The summed E-state index contributed by atoms with van der Waals surface area (Å²) in [6.45, 7) is 4.60. The summed E-state index contributed by atoms with van der Waals surface area (Å²) in [5, 5.41) is 0. The van der Waals surface area contributed by atoms with Gasteiger partial charge in [0.2, 0.25) is 0 Å². The molecule has 2 fully saturated rings. The van der Waals surface area contributed by atoms with E-state index in [1.165, 1.54) is 140 Å². The van der Waals surface area contributed by atoms with Gasteiger partial charge in [0.05, 0.1) is 0 Å². The molecular formula is C34H57F. The number of alkyl halides is 1. The van der Waals surface area contributed by atoms with Crippen LogP contribution in [0.15, 0.2) is 24.3 Å². The van der Waals surface area contributed by atoms with Crippen LogP contribution in [0, 0.1) is 11.8 Å². The first-order valence-corrected chi connectivity index (χ1v) is 15.9. The fourth-order valence-corrected chi connectivity index (χ4v) is 7.59. The summed E-state index contributed by atoms with van der Waals surface area (Å²) in [4.78, 5) is 0. The molecule has 0 amide bonds. The van der Waals surface area contributed by atoms with Crippen molar-refractivity contribution in [1.82, 2.24) is 0 Å². The normalized spacial score (nSPS) is 27.1. The SMILES string of the molecule is CCCCCCCc1ccccc1C1(CCCCC)CCCCC(C2CCCCCCC2)C(F)C1. The second-order valence-electron chi connectivity index (χ2n) is 12.3. The van der Waals surface area contributed by atoms with Gasteiger partial charge in [-0.2, -0.15) is 0 Å². The Kier molecular flexibility index (Phi) is 13.2. The van der Waals surface area contributed by atoms with Gasteiger partial charge in [0.25, 0.3) is 0 Å². The standard InChI is InChI=1S/C34H57F/c1-3-5-7-9-14-22-30-23-15-16-25-32(30)34(26-18-6-4-2)27-19-17-24-31(33(35)28-34)29-20-12-10-8-11-13-21-29/h15-16,23,25,29,31,33H,3-14,17-22,24,26-28H2,1-2H3.